The lowest BCUT2D eigenvalue weighted by Gasteiger charge is -2.27. The molecule has 1 heterocycles. The van der Waals surface area contributed by atoms with Gasteiger partial charge in [-0.05, 0) is 72.1 Å². The van der Waals surface area contributed by atoms with E-state index in [0.717, 1.165) is 50.1 Å². The molecule has 7 rings (SSSR count). The van der Waals surface area contributed by atoms with Crippen molar-refractivity contribution in [3.63, 3.8) is 0 Å². The number of para-hydroxylation sites is 1. The van der Waals surface area contributed by atoms with Crippen molar-refractivity contribution in [2.45, 2.75) is 109 Å². The van der Waals surface area contributed by atoms with Crippen LogP contribution in [0.2, 0.25) is 0 Å². The lowest BCUT2D eigenvalue weighted by atomic mass is 9.89. The van der Waals surface area contributed by atoms with Crippen LogP contribution in [0.4, 0.5) is 18.9 Å². The topological polar surface area (TPSA) is 77.5 Å². The van der Waals surface area contributed by atoms with Gasteiger partial charge in [0.2, 0.25) is 0 Å². The number of carboxylic acid groups (broad SMARTS) is 1. The molecule has 0 amide bonds. The zero-order valence-corrected chi connectivity index (χ0v) is 28.3. The van der Waals surface area contributed by atoms with E-state index in [1.54, 1.807) is 25.1 Å². The summed E-state index contributed by atoms with van der Waals surface area (Å²) in [6.07, 6.45) is 11.2. The fourth-order valence-electron chi connectivity index (χ4n) is 8.30. The van der Waals surface area contributed by atoms with Crippen LogP contribution in [0.5, 0.6) is 5.75 Å². The molecule has 0 saturated heterocycles. The van der Waals surface area contributed by atoms with E-state index in [1.807, 2.05) is 4.57 Å². The third kappa shape index (κ3) is 8.17. The van der Waals surface area contributed by atoms with Crippen LogP contribution in [-0.2, 0) is 19.3 Å². The van der Waals surface area contributed by atoms with Gasteiger partial charge in [0.1, 0.15) is 5.75 Å². The number of anilines is 1. The summed E-state index contributed by atoms with van der Waals surface area (Å²) < 4.78 is 44.3. The van der Waals surface area contributed by atoms with Crippen LogP contribution >= 0.6 is 0 Å². The number of rotatable bonds is 7. The molecule has 0 unspecified atom stereocenters. The molecule has 260 valence electrons. The predicted molar refractivity (Wildman–Crippen MR) is 188 cm³/mol. The third-order valence-electron chi connectivity index (χ3n) is 10.7. The largest absolute Gasteiger partial charge is 0.573 e. The SMILES string of the molecule is Cc1c(C(=O)O)cc(Cc2ccccc2OC(F)(F)F)n1C1CCCCC1.Nc1c(CC2CCCCCC2)ccc2c1Cc1ccccc1-2. The fraction of sp³-hybridized carbons (Fsp3) is 0.439. The van der Waals surface area contributed by atoms with Gasteiger partial charge in [0.25, 0.3) is 0 Å². The van der Waals surface area contributed by atoms with Gasteiger partial charge in [0.15, 0.2) is 0 Å². The average molecular weight is 673 g/mol. The highest BCUT2D eigenvalue weighted by atomic mass is 19.4. The Kier molecular flexibility index (Phi) is 10.7. The van der Waals surface area contributed by atoms with Crippen LogP contribution < -0.4 is 10.5 Å². The first-order valence-electron chi connectivity index (χ1n) is 17.8. The summed E-state index contributed by atoms with van der Waals surface area (Å²) >= 11 is 0. The molecule has 0 aliphatic heterocycles. The first-order chi connectivity index (χ1) is 23.6. The monoisotopic (exact) mass is 672 g/mol. The number of carboxylic acids is 1. The number of carbonyl (C=O) groups is 1. The number of benzene rings is 3. The van der Waals surface area contributed by atoms with Crippen molar-refractivity contribution in [3.8, 4) is 16.9 Å². The molecule has 3 aliphatic rings. The van der Waals surface area contributed by atoms with E-state index in [1.165, 1.54) is 84.9 Å². The molecule has 3 N–H and O–H groups in total. The Morgan fingerprint density at radius 3 is 2.22 bits per heavy atom. The van der Waals surface area contributed by atoms with Crippen LogP contribution in [0.15, 0.2) is 66.7 Å². The Morgan fingerprint density at radius 2 is 1.51 bits per heavy atom. The normalized spacial score (nSPS) is 16.7. The molecule has 5 nitrogen and oxygen atoms in total. The van der Waals surface area contributed by atoms with E-state index < -0.39 is 12.3 Å². The molecule has 1 aromatic heterocycles. The Labute approximate surface area is 287 Å². The van der Waals surface area contributed by atoms with Crippen LogP contribution in [0.3, 0.4) is 0 Å². The van der Waals surface area contributed by atoms with E-state index in [2.05, 4.69) is 41.1 Å². The number of hydrogen-bond acceptors (Lipinski definition) is 3. The van der Waals surface area contributed by atoms with Gasteiger partial charge in [0, 0.05) is 41.5 Å². The molecule has 2 fully saturated rings. The van der Waals surface area contributed by atoms with Crippen molar-refractivity contribution in [3.05, 3.63) is 106 Å². The molecule has 0 atom stereocenters. The number of aromatic carboxylic acids is 1. The van der Waals surface area contributed by atoms with Gasteiger partial charge in [-0.3, -0.25) is 0 Å². The third-order valence-corrected chi connectivity index (χ3v) is 10.7. The summed E-state index contributed by atoms with van der Waals surface area (Å²) in [5, 5.41) is 9.49. The fourth-order valence-corrected chi connectivity index (χ4v) is 8.30. The zero-order valence-electron chi connectivity index (χ0n) is 28.3. The number of aromatic nitrogens is 1. The van der Waals surface area contributed by atoms with E-state index in [4.69, 9.17) is 5.73 Å². The molecule has 3 aromatic carbocycles. The first-order valence-corrected chi connectivity index (χ1v) is 17.8. The van der Waals surface area contributed by atoms with Crippen molar-refractivity contribution in [1.82, 2.24) is 4.57 Å². The number of ether oxygens (including phenoxy) is 1. The Balaban J connectivity index is 0.000000173. The maximum atomic E-state index is 12.7. The minimum atomic E-state index is -4.77. The lowest BCUT2D eigenvalue weighted by molar-refractivity contribution is -0.274. The second-order valence-electron chi connectivity index (χ2n) is 14.0. The van der Waals surface area contributed by atoms with Gasteiger partial charge in [-0.1, -0.05) is 112 Å². The van der Waals surface area contributed by atoms with Crippen LogP contribution in [0, 0.1) is 12.8 Å². The van der Waals surface area contributed by atoms with Crippen LogP contribution in [0.1, 0.15) is 121 Å². The molecule has 8 heteroatoms. The second-order valence-corrected chi connectivity index (χ2v) is 14.0. The molecule has 0 bridgehead atoms. The van der Waals surface area contributed by atoms with Gasteiger partial charge >= 0.3 is 12.3 Å². The zero-order chi connectivity index (χ0) is 34.5. The summed E-state index contributed by atoms with van der Waals surface area (Å²) in [5.41, 5.74) is 16.5. The number of nitrogen functional groups attached to an aromatic ring is 1. The number of hydrogen-bond donors (Lipinski definition) is 2. The van der Waals surface area contributed by atoms with Gasteiger partial charge in [0.05, 0.1) is 5.56 Å². The Hall–Kier alpha value is -4.20. The van der Waals surface area contributed by atoms with Crippen molar-refractivity contribution in [1.29, 1.82) is 0 Å². The van der Waals surface area contributed by atoms with Crippen LogP contribution in [-0.4, -0.2) is 22.0 Å². The number of nitrogens with two attached hydrogens (primary N) is 1. The minimum absolute atomic E-state index is 0.177. The summed E-state index contributed by atoms with van der Waals surface area (Å²) in [4.78, 5) is 11.6. The highest BCUT2D eigenvalue weighted by Gasteiger charge is 2.32. The average Bonchev–Trinajstić information content (AvgIpc) is 3.50. The van der Waals surface area contributed by atoms with Gasteiger partial charge in [-0.2, -0.15) is 0 Å². The number of alkyl halides is 3. The summed E-state index contributed by atoms with van der Waals surface area (Å²) in [6, 6.07) is 21.1. The molecular formula is C41H47F3N2O3. The molecule has 2 saturated carbocycles. The van der Waals surface area contributed by atoms with Crippen LogP contribution in [0.25, 0.3) is 11.1 Å². The lowest BCUT2D eigenvalue weighted by Crippen LogP contribution is -2.19. The number of halogens is 3. The van der Waals surface area contributed by atoms with E-state index in [0.29, 0.717) is 17.0 Å². The maximum absolute atomic E-state index is 12.7. The maximum Gasteiger partial charge on any atom is 0.573 e. The minimum Gasteiger partial charge on any atom is -0.478 e. The molecule has 0 spiro atoms. The molecule has 3 aliphatic carbocycles. The molecule has 49 heavy (non-hydrogen) atoms. The van der Waals surface area contributed by atoms with Gasteiger partial charge in [-0.15, -0.1) is 13.2 Å². The first kappa shape index (κ1) is 34.7. The molecular weight excluding hydrogens is 625 g/mol. The summed E-state index contributed by atoms with van der Waals surface area (Å²) in [6.45, 7) is 1.76. The Bertz CT molecular complexity index is 1760. The van der Waals surface area contributed by atoms with E-state index in [-0.39, 0.29) is 23.8 Å². The van der Waals surface area contributed by atoms with Crippen molar-refractivity contribution in [2.75, 3.05) is 5.73 Å². The molecule has 0 radical (unpaired) electrons. The van der Waals surface area contributed by atoms with Gasteiger partial charge < -0.3 is 20.1 Å². The smallest absolute Gasteiger partial charge is 0.478 e. The van der Waals surface area contributed by atoms with E-state index >= 15 is 0 Å². The van der Waals surface area contributed by atoms with Gasteiger partial charge in [-0.25, -0.2) is 4.79 Å². The molecule has 4 aromatic rings. The Morgan fingerprint density at radius 1 is 0.857 bits per heavy atom. The summed E-state index contributed by atoms with van der Waals surface area (Å²) in [7, 11) is 0. The van der Waals surface area contributed by atoms with Crippen molar-refractivity contribution in [2.24, 2.45) is 5.92 Å². The standard InChI is InChI=1S/C21H25N.C20H22F3NO3/c22-21-17(13-15-7-3-1-2-4-8-15)11-12-19-18-10-6-5-9-16(18)14-20(19)21;1-13-17(19(25)26)12-16(24(13)15-8-3-2-4-9-15)11-14-7-5-6-10-18(14)27-20(21,22)23/h5-6,9-12,15H,1-4,7-8,13-14,22H2;5-7,10,12,15H,2-4,8-9,11H2,1H3,(H,25,26). The van der Waals surface area contributed by atoms with Crippen molar-refractivity contribution < 1.29 is 27.8 Å². The van der Waals surface area contributed by atoms with Crippen molar-refractivity contribution >= 4 is 11.7 Å². The summed E-state index contributed by atoms with van der Waals surface area (Å²) in [5.74, 6) is -0.439. The quantitative estimate of drug-likeness (QED) is 0.133. The number of nitrogens with zero attached hydrogens (tertiary/aromatic N) is 1. The number of fused-ring (bicyclic) bond motifs is 3. The predicted octanol–water partition coefficient (Wildman–Crippen LogP) is 10.8. The second kappa shape index (κ2) is 15.1. The van der Waals surface area contributed by atoms with E-state index in [9.17, 15) is 23.1 Å². The highest BCUT2D eigenvalue weighted by molar-refractivity contribution is 5.89. The highest BCUT2D eigenvalue weighted by Crippen LogP contribution is 2.42.